The van der Waals surface area contributed by atoms with Crippen molar-refractivity contribution in [3.05, 3.63) is 82.3 Å². The third-order valence-electron chi connectivity index (χ3n) is 4.46. The second-order valence-corrected chi connectivity index (χ2v) is 7.84. The van der Waals surface area contributed by atoms with Gasteiger partial charge in [-0.15, -0.1) is 0 Å². The van der Waals surface area contributed by atoms with E-state index in [1.807, 2.05) is 6.92 Å². The van der Waals surface area contributed by atoms with Gasteiger partial charge >= 0.3 is 17.8 Å². The van der Waals surface area contributed by atoms with E-state index in [0.717, 1.165) is 4.47 Å². The zero-order chi connectivity index (χ0) is 25.2. The molecule has 2 amide bonds. The van der Waals surface area contributed by atoms with Crippen molar-refractivity contribution in [3.63, 3.8) is 0 Å². The average molecular weight is 540 g/mol. The lowest BCUT2D eigenvalue weighted by Crippen LogP contribution is -2.32. The Bertz CT molecular complexity index is 1240. The van der Waals surface area contributed by atoms with Crippen molar-refractivity contribution in [1.29, 1.82) is 0 Å². The number of benzene rings is 3. The van der Waals surface area contributed by atoms with Crippen LogP contribution in [0.5, 0.6) is 17.2 Å². The van der Waals surface area contributed by atoms with Gasteiger partial charge in [-0.2, -0.15) is 5.10 Å². The van der Waals surface area contributed by atoms with Gasteiger partial charge in [0.1, 0.15) is 5.75 Å². The van der Waals surface area contributed by atoms with Crippen molar-refractivity contribution in [2.75, 3.05) is 19.0 Å². The number of hydrogen-bond donors (Lipinski definition) is 2. The smallest absolute Gasteiger partial charge is 0.343 e. The molecule has 0 saturated carbocycles. The first-order valence-corrected chi connectivity index (χ1v) is 11.2. The van der Waals surface area contributed by atoms with E-state index < -0.39 is 17.8 Å². The molecular formula is C25H22BrN3O6. The third-order valence-corrected chi connectivity index (χ3v) is 4.95. The van der Waals surface area contributed by atoms with E-state index in [1.165, 1.54) is 19.4 Å². The molecule has 3 aromatic carbocycles. The Balaban J connectivity index is 1.57. The largest absolute Gasteiger partial charge is 0.494 e. The third kappa shape index (κ3) is 7.41. The Morgan fingerprint density at radius 3 is 2.43 bits per heavy atom. The van der Waals surface area contributed by atoms with Gasteiger partial charge in [0.2, 0.25) is 0 Å². The van der Waals surface area contributed by atoms with Gasteiger partial charge < -0.3 is 19.5 Å². The molecule has 9 nitrogen and oxygen atoms in total. The summed E-state index contributed by atoms with van der Waals surface area (Å²) in [6.07, 6.45) is 1.32. The second kappa shape index (κ2) is 12.3. The lowest BCUT2D eigenvalue weighted by Gasteiger charge is -2.10. The monoisotopic (exact) mass is 539 g/mol. The number of carbonyl (C=O) groups is 3. The van der Waals surface area contributed by atoms with Gasteiger partial charge in [0.05, 0.1) is 25.5 Å². The summed E-state index contributed by atoms with van der Waals surface area (Å²) in [7, 11) is 1.43. The molecule has 0 spiro atoms. The van der Waals surface area contributed by atoms with Crippen LogP contribution in [0.4, 0.5) is 5.69 Å². The molecular weight excluding hydrogens is 518 g/mol. The summed E-state index contributed by atoms with van der Waals surface area (Å²) in [6.45, 7) is 2.39. The van der Waals surface area contributed by atoms with Crippen LogP contribution in [0.15, 0.2) is 76.3 Å². The predicted molar refractivity (Wildman–Crippen MR) is 134 cm³/mol. The number of nitrogens with one attached hydrogen (secondary N) is 2. The zero-order valence-electron chi connectivity index (χ0n) is 18.9. The fraction of sp³-hybridized carbons (Fsp3) is 0.120. The van der Waals surface area contributed by atoms with E-state index in [-0.39, 0.29) is 11.5 Å². The van der Waals surface area contributed by atoms with Crippen molar-refractivity contribution in [2.45, 2.75) is 6.92 Å². The van der Waals surface area contributed by atoms with E-state index in [4.69, 9.17) is 14.2 Å². The number of ether oxygens (including phenoxy) is 3. The molecule has 0 heterocycles. The Hall–Kier alpha value is -4.18. The number of nitrogens with zero attached hydrogens (tertiary/aromatic N) is 1. The van der Waals surface area contributed by atoms with Crippen LogP contribution in [0.3, 0.4) is 0 Å². The molecule has 0 unspecified atom stereocenters. The number of hydrogen-bond acceptors (Lipinski definition) is 7. The van der Waals surface area contributed by atoms with E-state index in [9.17, 15) is 14.4 Å². The molecule has 0 aromatic heterocycles. The molecule has 3 rings (SSSR count). The highest BCUT2D eigenvalue weighted by Crippen LogP contribution is 2.28. The molecule has 180 valence electrons. The maximum Gasteiger partial charge on any atom is 0.343 e. The van der Waals surface area contributed by atoms with Gasteiger partial charge in [0.15, 0.2) is 11.5 Å². The minimum Gasteiger partial charge on any atom is -0.494 e. The Morgan fingerprint density at radius 2 is 1.74 bits per heavy atom. The summed E-state index contributed by atoms with van der Waals surface area (Å²) in [4.78, 5) is 36.5. The molecule has 35 heavy (non-hydrogen) atoms. The fourth-order valence-electron chi connectivity index (χ4n) is 2.83. The fourth-order valence-corrected chi connectivity index (χ4v) is 3.23. The van der Waals surface area contributed by atoms with Crippen molar-refractivity contribution in [1.82, 2.24) is 5.43 Å². The van der Waals surface area contributed by atoms with Crippen molar-refractivity contribution >= 4 is 45.6 Å². The van der Waals surface area contributed by atoms with Crippen molar-refractivity contribution in [3.8, 4) is 17.2 Å². The molecule has 0 fully saturated rings. The predicted octanol–water partition coefficient (Wildman–Crippen LogP) is 4.16. The first-order valence-electron chi connectivity index (χ1n) is 10.4. The number of rotatable bonds is 8. The van der Waals surface area contributed by atoms with Gasteiger partial charge in [-0.25, -0.2) is 10.2 Å². The molecule has 10 heteroatoms. The maximum atomic E-state index is 12.4. The van der Waals surface area contributed by atoms with E-state index >= 15 is 0 Å². The van der Waals surface area contributed by atoms with E-state index in [2.05, 4.69) is 31.8 Å². The number of anilines is 1. The van der Waals surface area contributed by atoms with Crippen LogP contribution in [0.1, 0.15) is 22.8 Å². The zero-order valence-corrected chi connectivity index (χ0v) is 20.5. The van der Waals surface area contributed by atoms with Gasteiger partial charge in [-0.3, -0.25) is 9.59 Å². The van der Waals surface area contributed by atoms with Crippen LogP contribution in [-0.4, -0.2) is 37.7 Å². The number of methoxy groups -OCH3 is 1. The molecule has 0 aliphatic carbocycles. The quantitative estimate of drug-likeness (QED) is 0.146. The minimum absolute atomic E-state index is 0.216. The summed E-state index contributed by atoms with van der Waals surface area (Å²) in [5, 5.41) is 6.26. The summed E-state index contributed by atoms with van der Waals surface area (Å²) >= 11 is 3.31. The Labute approximate surface area is 210 Å². The van der Waals surface area contributed by atoms with Crippen LogP contribution >= 0.6 is 15.9 Å². The summed E-state index contributed by atoms with van der Waals surface area (Å²) in [6, 6.07) is 18.1. The first-order chi connectivity index (χ1) is 16.9. The summed E-state index contributed by atoms with van der Waals surface area (Å²) in [5.74, 6) is -1.20. The lowest BCUT2D eigenvalue weighted by molar-refractivity contribution is -0.136. The van der Waals surface area contributed by atoms with Gasteiger partial charge in [0, 0.05) is 10.2 Å². The topological polar surface area (TPSA) is 115 Å². The number of halogens is 1. The Kier molecular flexibility index (Phi) is 8.96. The molecule has 0 radical (unpaired) electrons. The SMILES string of the molecule is CCOc1ccc(NC(=O)C(=O)N/N=C/c2ccc(OC(=O)c3cccc(Br)c3)c(OC)c2)cc1. The van der Waals surface area contributed by atoms with Crippen LogP contribution in [0, 0.1) is 0 Å². The van der Waals surface area contributed by atoms with Gasteiger partial charge in [0.25, 0.3) is 0 Å². The molecule has 0 bridgehead atoms. The Morgan fingerprint density at radius 1 is 0.971 bits per heavy atom. The molecule has 0 aliphatic rings. The number of carbonyl (C=O) groups excluding carboxylic acids is 3. The summed E-state index contributed by atoms with van der Waals surface area (Å²) < 4.78 is 16.8. The van der Waals surface area contributed by atoms with E-state index in [0.29, 0.717) is 29.2 Å². The highest BCUT2D eigenvalue weighted by atomic mass is 79.9. The first kappa shape index (κ1) is 25.4. The molecule has 0 atom stereocenters. The van der Waals surface area contributed by atoms with E-state index in [1.54, 1.807) is 60.7 Å². The maximum absolute atomic E-state index is 12.4. The molecule has 3 aromatic rings. The number of hydrazone groups is 1. The minimum atomic E-state index is -0.943. The number of amides is 2. The van der Waals surface area contributed by atoms with Crippen LogP contribution in [0.25, 0.3) is 0 Å². The highest BCUT2D eigenvalue weighted by molar-refractivity contribution is 9.10. The van der Waals surface area contributed by atoms with Gasteiger partial charge in [-0.1, -0.05) is 22.0 Å². The molecule has 2 N–H and O–H groups in total. The number of esters is 1. The second-order valence-electron chi connectivity index (χ2n) is 6.92. The standard InChI is InChI=1S/C25H22BrN3O6/c1-3-34-20-10-8-19(9-11-20)28-23(30)24(31)29-27-15-16-7-12-21(22(13-16)33-2)35-25(32)17-5-4-6-18(26)14-17/h4-15H,3H2,1-2H3,(H,28,30)(H,29,31)/b27-15+. The highest BCUT2D eigenvalue weighted by Gasteiger charge is 2.14. The van der Waals surface area contributed by atoms with Crippen LogP contribution < -0.4 is 25.0 Å². The van der Waals surface area contributed by atoms with Crippen molar-refractivity contribution in [2.24, 2.45) is 5.10 Å². The van der Waals surface area contributed by atoms with Crippen molar-refractivity contribution < 1.29 is 28.6 Å². The molecule has 0 saturated heterocycles. The normalized spacial score (nSPS) is 10.5. The lowest BCUT2D eigenvalue weighted by atomic mass is 10.2. The summed E-state index contributed by atoms with van der Waals surface area (Å²) in [5.41, 5.74) is 3.51. The van der Waals surface area contributed by atoms with Crippen LogP contribution in [-0.2, 0) is 9.59 Å². The average Bonchev–Trinajstić information content (AvgIpc) is 2.86. The van der Waals surface area contributed by atoms with Gasteiger partial charge in [-0.05, 0) is 73.2 Å². The van der Waals surface area contributed by atoms with Crippen LogP contribution in [0.2, 0.25) is 0 Å². The molecule has 0 aliphatic heterocycles.